The number of ether oxygens (including phenoxy) is 5. The molecule has 206 valence electrons. The van der Waals surface area contributed by atoms with Gasteiger partial charge in [0.25, 0.3) is 0 Å². The average Bonchev–Trinajstić information content (AvgIpc) is 3.45. The van der Waals surface area contributed by atoms with Crippen molar-refractivity contribution in [1.82, 2.24) is 4.90 Å². The van der Waals surface area contributed by atoms with Gasteiger partial charge in [-0.05, 0) is 72.5 Å². The van der Waals surface area contributed by atoms with E-state index in [2.05, 4.69) is 4.90 Å². The SMILES string of the molecule is COC(=O)/C=C\[C@H]1CCCN1CCOC(c1ccc(OC)cc1)(c1ccc(OC)cc1)c1ccc(OC)cc1. The van der Waals surface area contributed by atoms with Crippen molar-refractivity contribution in [3.8, 4) is 17.2 Å². The van der Waals surface area contributed by atoms with Crippen molar-refractivity contribution in [2.24, 2.45) is 0 Å². The molecule has 0 amide bonds. The van der Waals surface area contributed by atoms with Gasteiger partial charge in [-0.15, -0.1) is 0 Å². The maximum absolute atomic E-state index is 11.6. The van der Waals surface area contributed by atoms with Crippen LogP contribution < -0.4 is 14.2 Å². The molecule has 4 rings (SSSR count). The largest absolute Gasteiger partial charge is 0.497 e. The summed E-state index contributed by atoms with van der Waals surface area (Å²) in [6.45, 7) is 2.12. The Bertz CT molecular complexity index is 1110. The van der Waals surface area contributed by atoms with Gasteiger partial charge in [0, 0.05) is 18.7 Å². The highest BCUT2D eigenvalue weighted by Crippen LogP contribution is 2.42. The van der Waals surface area contributed by atoms with Gasteiger partial charge < -0.3 is 23.7 Å². The summed E-state index contributed by atoms with van der Waals surface area (Å²) in [7, 11) is 6.37. The zero-order chi connectivity index (χ0) is 27.7. The summed E-state index contributed by atoms with van der Waals surface area (Å²) in [5, 5.41) is 0. The normalized spacial score (nSPS) is 15.8. The number of carbonyl (C=O) groups is 1. The standard InChI is InChI=1S/C32H37NO6/c1-35-28-14-7-24(8-15-28)32(25-9-16-29(36-2)17-10-25,26-11-18-30(37-3)19-12-26)39-23-22-33-21-5-6-27(33)13-20-31(34)38-4/h7-20,27H,5-6,21-23H2,1-4H3/b20-13-/t27-/m1/s1. The minimum Gasteiger partial charge on any atom is -0.497 e. The molecule has 3 aromatic carbocycles. The van der Waals surface area contributed by atoms with E-state index < -0.39 is 5.60 Å². The lowest BCUT2D eigenvalue weighted by Gasteiger charge is -2.37. The Morgan fingerprint density at radius 3 is 1.67 bits per heavy atom. The summed E-state index contributed by atoms with van der Waals surface area (Å²) in [4.78, 5) is 14.0. The van der Waals surface area contributed by atoms with Crippen LogP contribution in [-0.2, 0) is 19.9 Å². The van der Waals surface area contributed by atoms with Crippen LogP contribution >= 0.6 is 0 Å². The van der Waals surface area contributed by atoms with Gasteiger partial charge in [-0.25, -0.2) is 4.79 Å². The van der Waals surface area contributed by atoms with Crippen LogP contribution in [0.4, 0.5) is 0 Å². The van der Waals surface area contributed by atoms with Crippen LogP contribution in [0.3, 0.4) is 0 Å². The first kappa shape index (κ1) is 28.2. The lowest BCUT2D eigenvalue weighted by atomic mass is 9.80. The Morgan fingerprint density at radius 1 is 0.795 bits per heavy atom. The molecule has 0 saturated carbocycles. The van der Waals surface area contributed by atoms with Crippen LogP contribution in [-0.4, -0.2) is 65.0 Å². The van der Waals surface area contributed by atoms with Crippen LogP contribution in [0, 0.1) is 0 Å². The molecule has 1 heterocycles. The zero-order valence-electron chi connectivity index (χ0n) is 23.1. The van der Waals surface area contributed by atoms with E-state index in [1.165, 1.54) is 13.2 Å². The monoisotopic (exact) mass is 531 g/mol. The second kappa shape index (κ2) is 13.3. The molecule has 0 N–H and O–H groups in total. The van der Waals surface area contributed by atoms with E-state index in [1.54, 1.807) is 21.3 Å². The number of likely N-dealkylation sites (tertiary alicyclic amines) is 1. The molecule has 3 aromatic rings. The predicted octanol–water partition coefficient (Wildman–Crippen LogP) is 5.21. The Morgan fingerprint density at radius 2 is 1.26 bits per heavy atom. The molecule has 0 radical (unpaired) electrons. The van der Waals surface area contributed by atoms with Crippen molar-refractivity contribution < 1.29 is 28.5 Å². The number of rotatable bonds is 12. The van der Waals surface area contributed by atoms with E-state index in [0.29, 0.717) is 13.2 Å². The topological polar surface area (TPSA) is 66.5 Å². The Hall–Kier alpha value is -3.81. The molecular weight excluding hydrogens is 494 g/mol. The first-order valence-electron chi connectivity index (χ1n) is 13.1. The molecule has 0 aliphatic carbocycles. The first-order valence-corrected chi connectivity index (χ1v) is 13.1. The van der Waals surface area contributed by atoms with E-state index in [-0.39, 0.29) is 12.0 Å². The second-order valence-corrected chi connectivity index (χ2v) is 9.34. The predicted molar refractivity (Wildman–Crippen MR) is 151 cm³/mol. The van der Waals surface area contributed by atoms with E-state index >= 15 is 0 Å². The zero-order valence-corrected chi connectivity index (χ0v) is 23.1. The third-order valence-electron chi connectivity index (χ3n) is 7.26. The number of carbonyl (C=O) groups excluding carboxylic acids is 1. The lowest BCUT2D eigenvalue weighted by molar-refractivity contribution is -0.134. The van der Waals surface area contributed by atoms with Gasteiger partial charge in [-0.3, -0.25) is 4.90 Å². The summed E-state index contributed by atoms with van der Waals surface area (Å²) < 4.78 is 28.1. The second-order valence-electron chi connectivity index (χ2n) is 9.34. The fourth-order valence-corrected chi connectivity index (χ4v) is 5.15. The molecule has 1 atom stereocenters. The maximum atomic E-state index is 11.6. The van der Waals surface area contributed by atoms with Crippen LogP contribution in [0.25, 0.3) is 0 Å². The molecule has 0 unspecified atom stereocenters. The average molecular weight is 532 g/mol. The number of nitrogens with zero attached hydrogens (tertiary/aromatic N) is 1. The van der Waals surface area contributed by atoms with E-state index in [1.807, 2.05) is 78.9 Å². The van der Waals surface area contributed by atoms with Crippen LogP contribution in [0.2, 0.25) is 0 Å². The Kier molecular flexibility index (Phi) is 9.63. The number of hydrogen-bond donors (Lipinski definition) is 0. The molecule has 7 heteroatoms. The molecule has 1 saturated heterocycles. The van der Waals surface area contributed by atoms with E-state index in [0.717, 1.165) is 53.3 Å². The van der Waals surface area contributed by atoms with Crippen LogP contribution in [0.5, 0.6) is 17.2 Å². The number of benzene rings is 3. The first-order chi connectivity index (χ1) is 19.0. The smallest absolute Gasteiger partial charge is 0.330 e. The number of methoxy groups -OCH3 is 4. The summed E-state index contributed by atoms with van der Waals surface area (Å²) in [5.74, 6) is 1.98. The van der Waals surface area contributed by atoms with Gasteiger partial charge in [0.1, 0.15) is 22.8 Å². The van der Waals surface area contributed by atoms with Crippen molar-refractivity contribution in [3.05, 3.63) is 102 Å². The highest BCUT2D eigenvalue weighted by atomic mass is 16.5. The molecule has 0 bridgehead atoms. The molecule has 0 spiro atoms. The maximum Gasteiger partial charge on any atom is 0.330 e. The highest BCUT2D eigenvalue weighted by molar-refractivity contribution is 5.81. The molecular formula is C32H37NO6. The Balaban J connectivity index is 1.72. The third-order valence-corrected chi connectivity index (χ3v) is 7.26. The van der Waals surface area contributed by atoms with Crippen molar-refractivity contribution in [2.45, 2.75) is 24.5 Å². The fraction of sp³-hybridized carbons (Fsp3) is 0.344. The summed E-state index contributed by atoms with van der Waals surface area (Å²) >= 11 is 0. The van der Waals surface area contributed by atoms with Gasteiger partial charge in [-0.1, -0.05) is 42.5 Å². The summed E-state index contributed by atoms with van der Waals surface area (Å²) in [6, 6.07) is 24.2. The highest BCUT2D eigenvalue weighted by Gasteiger charge is 2.38. The van der Waals surface area contributed by atoms with Gasteiger partial charge in [0.2, 0.25) is 0 Å². The van der Waals surface area contributed by atoms with Gasteiger partial charge >= 0.3 is 5.97 Å². The van der Waals surface area contributed by atoms with Crippen molar-refractivity contribution >= 4 is 5.97 Å². The van der Waals surface area contributed by atoms with Crippen LogP contribution in [0.1, 0.15) is 29.5 Å². The Labute approximate surface area is 230 Å². The van der Waals surface area contributed by atoms with Gasteiger partial charge in [0.15, 0.2) is 0 Å². The van der Waals surface area contributed by atoms with Crippen molar-refractivity contribution in [1.29, 1.82) is 0 Å². The molecule has 0 aromatic heterocycles. The molecule has 1 aliphatic rings. The minimum absolute atomic E-state index is 0.171. The number of hydrogen-bond acceptors (Lipinski definition) is 7. The molecule has 7 nitrogen and oxygen atoms in total. The quantitative estimate of drug-likeness (QED) is 0.180. The van der Waals surface area contributed by atoms with Crippen molar-refractivity contribution in [2.75, 3.05) is 48.1 Å². The van der Waals surface area contributed by atoms with Gasteiger partial charge in [0.05, 0.1) is 35.0 Å². The lowest BCUT2D eigenvalue weighted by Crippen LogP contribution is -2.37. The third kappa shape index (κ3) is 6.44. The van der Waals surface area contributed by atoms with E-state index in [9.17, 15) is 4.79 Å². The van der Waals surface area contributed by atoms with Crippen LogP contribution in [0.15, 0.2) is 84.9 Å². The van der Waals surface area contributed by atoms with Gasteiger partial charge in [-0.2, -0.15) is 0 Å². The molecule has 39 heavy (non-hydrogen) atoms. The molecule has 1 aliphatic heterocycles. The molecule has 1 fully saturated rings. The number of esters is 1. The fourth-order valence-electron chi connectivity index (χ4n) is 5.15. The van der Waals surface area contributed by atoms with E-state index in [4.69, 9.17) is 23.7 Å². The minimum atomic E-state index is -0.901. The summed E-state index contributed by atoms with van der Waals surface area (Å²) in [5.41, 5.74) is 2.02. The van der Waals surface area contributed by atoms with Crippen molar-refractivity contribution in [3.63, 3.8) is 0 Å². The summed E-state index contributed by atoms with van der Waals surface area (Å²) in [6.07, 6.45) is 5.51.